The molecule has 0 spiro atoms. The first-order valence-electron chi connectivity index (χ1n) is 24.6. The lowest BCUT2D eigenvalue weighted by atomic mass is 9.88. The zero-order valence-corrected chi connectivity index (χ0v) is 38.7. The molecule has 352 valence electrons. The second kappa shape index (κ2) is 19.7. The number of halogens is 2. The Bertz CT molecular complexity index is 2730. The van der Waals surface area contributed by atoms with Crippen LogP contribution in [-0.4, -0.2) is 129 Å². The van der Waals surface area contributed by atoms with Gasteiger partial charge < -0.3 is 30.2 Å². The zero-order chi connectivity index (χ0) is 46.0. The van der Waals surface area contributed by atoms with Crippen LogP contribution in [-0.2, 0) is 35.3 Å². The van der Waals surface area contributed by atoms with Crippen molar-refractivity contribution in [3.8, 4) is 0 Å². The summed E-state index contributed by atoms with van der Waals surface area (Å²) in [5.41, 5.74) is 7.97. The standard InChI is InChI=1S/C25H29FN6O.C24H27FN6O.C2H6/c26-21-6-2-1-5-19(21)17-4-3-13-30(14-17)25(33)18-15-31(16-18)24-20-7-10-27-11-8-22(20)29-23-9-12-28-32(23)24;25-20-4-2-1-3-18(20)16-8-12-29(13-16)24(32)17-14-30(15-17)23-19-5-9-26-10-6-21(19)28-22-7-11-27-31(22)23;1-2/h1-2,5-6,9,12,17-18,27H,3-4,7-8,10-11,13-16H2;1-4,7,11,16-17,26H,5-6,8-10,12-15H2;1-2H3. The number of nitrogens with zero attached hydrogens (tertiary/aromatic N) is 10. The number of amides is 2. The van der Waals surface area contributed by atoms with Gasteiger partial charge in [-0.15, -0.1) is 0 Å². The second-order valence-electron chi connectivity index (χ2n) is 18.6. The highest BCUT2D eigenvalue weighted by atomic mass is 19.1. The number of piperidine rings is 1. The van der Waals surface area contributed by atoms with E-state index < -0.39 is 0 Å². The maximum Gasteiger partial charge on any atom is 0.229 e. The number of carbonyl (C=O) groups is 2. The second-order valence-corrected chi connectivity index (χ2v) is 18.6. The Balaban J connectivity index is 0.000000151. The van der Waals surface area contributed by atoms with E-state index in [1.807, 2.05) is 69.1 Å². The SMILES string of the molecule is CC.O=C(C1CN(c2c3c(nc4ccnn24)CCNCC3)C1)N1CCC(c2ccccc2F)C1.O=C(C1CN(c2c3c(nc4ccnn24)CCNCC3)C1)N1CCCC(c2ccccc2F)C1. The van der Waals surface area contributed by atoms with Crippen molar-refractivity contribution in [1.82, 2.24) is 49.6 Å². The average Bonchev–Trinajstić information content (AvgIpc) is 4.04. The highest BCUT2D eigenvalue weighted by Gasteiger charge is 2.42. The van der Waals surface area contributed by atoms with E-state index in [0.29, 0.717) is 45.8 Å². The smallest absolute Gasteiger partial charge is 0.229 e. The number of rotatable bonds is 6. The maximum absolute atomic E-state index is 14.3. The van der Waals surface area contributed by atoms with Gasteiger partial charge in [-0.2, -0.15) is 19.2 Å². The van der Waals surface area contributed by atoms with Crippen molar-refractivity contribution in [3.63, 3.8) is 0 Å². The first kappa shape index (κ1) is 44.8. The van der Waals surface area contributed by atoms with Gasteiger partial charge in [-0.25, -0.2) is 18.7 Å². The quantitative estimate of drug-likeness (QED) is 0.223. The third-order valence-electron chi connectivity index (χ3n) is 14.5. The molecule has 6 aliphatic rings. The Morgan fingerprint density at radius 1 is 0.567 bits per heavy atom. The molecule has 2 aromatic carbocycles. The minimum Gasteiger partial charge on any atom is -0.354 e. The lowest BCUT2D eigenvalue weighted by Gasteiger charge is -2.44. The predicted molar refractivity (Wildman–Crippen MR) is 255 cm³/mol. The highest BCUT2D eigenvalue weighted by Crippen LogP contribution is 2.37. The van der Waals surface area contributed by atoms with Crippen LogP contribution in [0.15, 0.2) is 73.1 Å². The largest absolute Gasteiger partial charge is 0.354 e. The fourth-order valence-electron chi connectivity index (χ4n) is 11.1. The van der Waals surface area contributed by atoms with Crippen molar-refractivity contribution in [2.45, 2.75) is 70.6 Å². The molecule has 0 bridgehead atoms. The van der Waals surface area contributed by atoms with Crippen LogP contribution < -0.4 is 20.4 Å². The van der Waals surface area contributed by atoms with Crippen LogP contribution >= 0.6 is 0 Å². The molecular weight excluding hydrogens is 851 g/mol. The molecule has 6 aliphatic heterocycles. The van der Waals surface area contributed by atoms with E-state index in [2.05, 4.69) is 30.6 Å². The third-order valence-corrected chi connectivity index (χ3v) is 14.5. The number of benzene rings is 2. The van der Waals surface area contributed by atoms with Crippen molar-refractivity contribution in [2.24, 2.45) is 11.8 Å². The lowest BCUT2D eigenvalue weighted by Crippen LogP contribution is -2.56. The molecule has 0 saturated carbocycles. The first-order valence-corrected chi connectivity index (χ1v) is 24.6. The normalized spacial score (nSPS) is 21.0. The minimum absolute atomic E-state index is 0.0206. The fraction of sp³-hybridized carbons (Fsp3) is 0.490. The van der Waals surface area contributed by atoms with Gasteiger partial charge in [0.05, 0.1) is 35.6 Å². The zero-order valence-electron chi connectivity index (χ0n) is 38.7. The third kappa shape index (κ3) is 8.85. The van der Waals surface area contributed by atoms with Crippen LogP contribution in [0.3, 0.4) is 0 Å². The molecule has 2 atom stereocenters. The molecule has 0 aliphatic carbocycles. The van der Waals surface area contributed by atoms with Crippen molar-refractivity contribution in [2.75, 3.05) is 88.3 Å². The summed E-state index contributed by atoms with van der Waals surface area (Å²) in [7, 11) is 0. The molecular formula is C51H62F2N12O2. The van der Waals surface area contributed by atoms with Gasteiger partial charge in [-0.05, 0) is 68.5 Å². The van der Waals surface area contributed by atoms with Crippen molar-refractivity contribution >= 4 is 34.7 Å². The van der Waals surface area contributed by atoms with Crippen LogP contribution in [0.5, 0.6) is 0 Å². The molecule has 10 heterocycles. The fourth-order valence-corrected chi connectivity index (χ4v) is 11.1. The van der Waals surface area contributed by atoms with Gasteiger partial charge >= 0.3 is 0 Å². The summed E-state index contributed by atoms with van der Waals surface area (Å²) in [5, 5.41) is 16.0. The number of aromatic nitrogens is 6. The van der Waals surface area contributed by atoms with E-state index in [-0.39, 0.29) is 47.1 Å². The minimum atomic E-state index is -0.169. The molecule has 2 unspecified atom stereocenters. The monoisotopic (exact) mass is 913 g/mol. The molecule has 2 amide bonds. The molecule has 4 saturated heterocycles. The van der Waals surface area contributed by atoms with Crippen LogP contribution in [0.25, 0.3) is 11.3 Å². The number of likely N-dealkylation sites (tertiary alicyclic amines) is 2. The van der Waals surface area contributed by atoms with E-state index in [9.17, 15) is 18.4 Å². The van der Waals surface area contributed by atoms with Gasteiger partial charge in [0.15, 0.2) is 11.3 Å². The van der Waals surface area contributed by atoms with Gasteiger partial charge in [0.25, 0.3) is 0 Å². The van der Waals surface area contributed by atoms with E-state index in [1.54, 1.807) is 24.5 Å². The van der Waals surface area contributed by atoms with Crippen LogP contribution in [0, 0.1) is 23.5 Å². The Hall–Kier alpha value is -6.00. The highest BCUT2D eigenvalue weighted by molar-refractivity contribution is 5.83. The van der Waals surface area contributed by atoms with Gasteiger partial charge in [-0.3, -0.25) is 9.59 Å². The van der Waals surface area contributed by atoms with Crippen LogP contribution in [0.2, 0.25) is 0 Å². The first-order chi connectivity index (χ1) is 32.9. The molecule has 14 nitrogen and oxygen atoms in total. The summed E-state index contributed by atoms with van der Waals surface area (Å²) < 4.78 is 32.4. The van der Waals surface area contributed by atoms with Gasteiger partial charge in [-0.1, -0.05) is 50.2 Å². The Morgan fingerprint density at radius 2 is 1.01 bits per heavy atom. The number of carbonyl (C=O) groups excluding carboxylic acids is 2. The van der Waals surface area contributed by atoms with Crippen molar-refractivity contribution < 1.29 is 18.4 Å². The molecule has 12 rings (SSSR count). The summed E-state index contributed by atoms with van der Waals surface area (Å²) in [6.45, 7) is 13.2. The Kier molecular flexibility index (Phi) is 13.2. The van der Waals surface area contributed by atoms with Gasteiger partial charge in [0, 0.05) is 113 Å². The predicted octanol–water partition coefficient (Wildman–Crippen LogP) is 5.43. The molecule has 2 N–H and O–H groups in total. The molecule has 6 aromatic rings. The maximum atomic E-state index is 14.3. The summed E-state index contributed by atoms with van der Waals surface area (Å²) in [5.74, 6) is 2.36. The van der Waals surface area contributed by atoms with E-state index >= 15 is 0 Å². The molecule has 4 fully saturated rings. The summed E-state index contributed by atoms with van der Waals surface area (Å²) >= 11 is 0. The van der Waals surface area contributed by atoms with E-state index in [4.69, 9.17) is 9.97 Å². The van der Waals surface area contributed by atoms with Crippen LogP contribution in [0.1, 0.15) is 78.6 Å². The number of anilines is 2. The molecule has 4 aromatic heterocycles. The average molecular weight is 913 g/mol. The Morgan fingerprint density at radius 3 is 1.51 bits per heavy atom. The topological polar surface area (TPSA) is 132 Å². The van der Waals surface area contributed by atoms with E-state index in [0.717, 1.165) is 123 Å². The molecule has 67 heavy (non-hydrogen) atoms. The number of hydrogen-bond acceptors (Lipinski definition) is 10. The summed E-state index contributed by atoms with van der Waals surface area (Å²) in [6.07, 6.45) is 9.90. The summed E-state index contributed by atoms with van der Waals surface area (Å²) in [4.78, 5) is 44.6. The molecule has 0 radical (unpaired) electrons. The van der Waals surface area contributed by atoms with Gasteiger partial charge in [0.1, 0.15) is 23.3 Å². The van der Waals surface area contributed by atoms with Crippen molar-refractivity contribution in [1.29, 1.82) is 0 Å². The van der Waals surface area contributed by atoms with Gasteiger partial charge in [0.2, 0.25) is 11.8 Å². The van der Waals surface area contributed by atoms with Crippen LogP contribution in [0.4, 0.5) is 20.4 Å². The lowest BCUT2D eigenvalue weighted by molar-refractivity contribution is -0.137. The number of hydrogen-bond donors (Lipinski definition) is 2. The summed E-state index contributed by atoms with van der Waals surface area (Å²) in [6, 6.07) is 17.8. The Labute approximate surface area is 390 Å². The number of nitrogens with one attached hydrogen (secondary N) is 2. The van der Waals surface area contributed by atoms with E-state index in [1.165, 1.54) is 23.3 Å². The molecule has 16 heteroatoms. The van der Waals surface area contributed by atoms with Crippen molar-refractivity contribution in [3.05, 3.63) is 118 Å². The number of fused-ring (bicyclic) bond motifs is 4.